The van der Waals surface area contributed by atoms with E-state index in [0.29, 0.717) is 16.8 Å². The molecule has 0 radical (unpaired) electrons. The van der Waals surface area contributed by atoms with Crippen molar-refractivity contribution in [2.24, 2.45) is 0 Å². The summed E-state index contributed by atoms with van der Waals surface area (Å²) >= 11 is 2.83. The quantitative estimate of drug-likeness (QED) is 0.481. The highest BCUT2D eigenvalue weighted by atomic mass is 32.2. The lowest BCUT2D eigenvalue weighted by atomic mass is 10.2. The van der Waals surface area contributed by atoms with Crippen molar-refractivity contribution in [3.8, 4) is 11.4 Å². The Morgan fingerprint density at radius 3 is 2.74 bits per heavy atom. The van der Waals surface area contributed by atoms with Crippen molar-refractivity contribution in [1.82, 2.24) is 24.7 Å². The number of thioether (sulfide) groups is 1. The van der Waals surface area contributed by atoms with Crippen LogP contribution in [-0.4, -0.2) is 35.9 Å². The van der Waals surface area contributed by atoms with Gasteiger partial charge in [0.05, 0.1) is 10.9 Å². The van der Waals surface area contributed by atoms with Crippen LogP contribution in [0.25, 0.3) is 11.4 Å². The summed E-state index contributed by atoms with van der Waals surface area (Å²) in [6.45, 7) is 10.1. The van der Waals surface area contributed by atoms with Gasteiger partial charge in [0, 0.05) is 29.4 Å². The molecule has 0 bridgehead atoms. The van der Waals surface area contributed by atoms with E-state index in [9.17, 15) is 4.79 Å². The van der Waals surface area contributed by atoms with E-state index in [1.165, 1.54) is 23.1 Å². The number of pyridine rings is 1. The number of carbonyl (C=O) groups is 1. The fourth-order valence-electron chi connectivity index (χ4n) is 2.33. The fraction of sp³-hybridized carbons (Fsp3) is 0.278. The Kier molecular flexibility index (Phi) is 6.02. The number of hydrogen-bond acceptors (Lipinski definition) is 7. The molecular weight excluding hydrogens is 380 g/mol. The molecule has 1 amide bonds. The molecule has 7 nitrogen and oxygen atoms in total. The van der Waals surface area contributed by atoms with E-state index in [2.05, 4.69) is 32.1 Å². The molecule has 0 unspecified atom stereocenters. The van der Waals surface area contributed by atoms with Crippen LogP contribution in [0.15, 0.2) is 42.3 Å². The number of nitrogens with one attached hydrogen (secondary N) is 1. The molecule has 1 atom stereocenters. The van der Waals surface area contributed by atoms with Gasteiger partial charge >= 0.3 is 0 Å². The average molecular weight is 401 g/mol. The molecule has 0 saturated carbocycles. The molecule has 0 aliphatic rings. The number of thiazole rings is 1. The molecule has 0 aliphatic carbocycles. The minimum absolute atomic E-state index is 0.118. The summed E-state index contributed by atoms with van der Waals surface area (Å²) in [6, 6.07) is 3.75. The van der Waals surface area contributed by atoms with Gasteiger partial charge in [0.15, 0.2) is 16.1 Å². The fourth-order valence-corrected chi connectivity index (χ4v) is 4.00. The molecule has 3 heterocycles. The Balaban J connectivity index is 1.77. The van der Waals surface area contributed by atoms with Gasteiger partial charge in [-0.15, -0.1) is 28.1 Å². The Labute approximate surface area is 166 Å². The van der Waals surface area contributed by atoms with Crippen molar-refractivity contribution in [2.75, 3.05) is 5.32 Å². The molecule has 140 valence electrons. The summed E-state index contributed by atoms with van der Waals surface area (Å²) in [5.74, 6) is 0.603. The lowest BCUT2D eigenvalue weighted by Crippen LogP contribution is -2.22. The maximum absolute atomic E-state index is 12.5. The second-order valence-corrected chi connectivity index (χ2v) is 8.36. The predicted molar refractivity (Wildman–Crippen MR) is 109 cm³/mol. The molecule has 9 heteroatoms. The standard InChI is InChI=1S/C18H20N6OS2/c1-5-10-24-15(14-6-8-19-9-7-14)22-23-18(24)27-13(4)16(25)21-17-20-11(2)12(3)26-17/h5-9,13H,1,10H2,2-4H3,(H,20,21,25)/t13-/m1/s1. The first-order valence-electron chi connectivity index (χ1n) is 8.35. The largest absolute Gasteiger partial charge is 0.301 e. The smallest absolute Gasteiger partial charge is 0.239 e. The van der Waals surface area contributed by atoms with Crippen LogP contribution < -0.4 is 5.32 Å². The van der Waals surface area contributed by atoms with Crippen LogP contribution in [-0.2, 0) is 11.3 Å². The van der Waals surface area contributed by atoms with E-state index in [1.54, 1.807) is 18.5 Å². The second kappa shape index (κ2) is 8.45. The minimum Gasteiger partial charge on any atom is -0.301 e. The van der Waals surface area contributed by atoms with Gasteiger partial charge in [-0.25, -0.2) is 4.98 Å². The maximum atomic E-state index is 12.5. The Hall–Kier alpha value is -2.52. The molecular formula is C18H20N6OS2. The van der Waals surface area contributed by atoms with E-state index in [1.807, 2.05) is 37.5 Å². The van der Waals surface area contributed by atoms with E-state index >= 15 is 0 Å². The zero-order valence-corrected chi connectivity index (χ0v) is 17.0. The molecule has 1 N–H and O–H groups in total. The number of rotatable bonds is 7. The topological polar surface area (TPSA) is 85.6 Å². The molecule has 0 aliphatic heterocycles. The molecule has 0 aromatic carbocycles. The summed E-state index contributed by atoms with van der Waals surface area (Å²) in [4.78, 5) is 22.0. The highest BCUT2D eigenvalue weighted by Crippen LogP contribution is 2.28. The zero-order valence-electron chi connectivity index (χ0n) is 15.3. The highest BCUT2D eigenvalue weighted by molar-refractivity contribution is 8.00. The van der Waals surface area contributed by atoms with Crippen molar-refractivity contribution in [3.05, 3.63) is 47.8 Å². The van der Waals surface area contributed by atoms with Gasteiger partial charge in [-0.05, 0) is 32.9 Å². The number of aryl methyl sites for hydroxylation is 2. The Morgan fingerprint density at radius 1 is 1.37 bits per heavy atom. The van der Waals surface area contributed by atoms with Crippen LogP contribution in [0.1, 0.15) is 17.5 Å². The summed E-state index contributed by atoms with van der Waals surface area (Å²) in [5.41, 5.74) is 1.85. The Morgan fingerprint density at radius 2 is 2.11 bits per heavy atom. The molecule has 3 rings (SSSR count). The number of amides is 1. The monoisotopic (exact) mass is 400 g/mol. The van der Waals surface area contributed by atoms with Gasteiger partial charge < -0.3 is 5.32 Å². The highest BCUT2D eigenvalue weighted by Gasteiger charge is 2.21. The normalized spacial score (nSPS) is 12.0. The van der Waals surface area contributed by atoms with E-state index in [-0.39, 0.29) is 11.2 Å². The number of aromatic nitrogens is 5. The van der Waals surface area contributed by atoms with Gasteiger partial charge in [0.1, 0.15) is 0 Å². The molecule has 0 spiro atoms. The SMILES string of the molecule is C=CCn1c(S[C@H](C)C(=O)Nc2nc(C)c(C)s2)nnc1-c1ccncc1. The van der Waals surface area contributed by atoms with E-state index < -0.39 is 0 Å². The first-order valence-corrected chi connectivity index (χ1v) is 10.0. The van der Waals surface area contributed by atoms with Crippen molar-refractivity contribution in [1.29, 1.82) is 0 Å². The summed E-state index contributed by atoms with van der Waals surface area (Å²) in [6.07, 6.45) is 5.20. The number of allylic oxidation sites excluding steroid dienone is 1. The molecule has 27 heavy (non-hydrogen) atoms. The summed E-state index contributed by atoms with van der Waals surface area (Å²) in [7, 11) is 0. The first kappa shape index (κ1) is 19.2. The molecule has 0 fully saturated rings. The van der Waals surface area contributed by atoms with Gasteiger partial charge in [0.25, 0.3) is 0 Å². The van der Waals surface area contributed by atoms with Crippen molar-refractivity contribution >= 4 is 34.1 Å². The number of carbonyl (C=O) groups excluding carboxylic acids is 1. The van der Waals surface area contributed by atoms with Gasteiger partial charge in [0.2, 0.25) is 5.91 Å². The van der Waals surface area contributed by atoms with Crippen LogP contribution in [0.4, 0.5) is 5.13 Å². The van der Waals surface area contributed by atoms with Crippen LogP contribution >= 0.6 is 23.1 Å². The van der Waals surface area contributed by atoms with Crippen molar-refractivity contribution in [3.63, 3.8) is 0 Å². The molecule has 3 aromatic rings. The van der Waals surface area contributed by atoms with E-state index in [0.717, 1.165) is 22.0 Å². The average Bonchev–Trinajstić information content (AvgIpc) is 3.19. The van der Waals surface area contributed by atoms with Crippen LogP contribution in [0.5, 0.6) is 0 Å². The number of hydrogen-bond donors (Lipinski definition) is 1. The predicted octanol–water partition coefficient (Wildman–Crippen LogP) is 3.72. The number of nitrogens with zero attached hydrogens (tertiary/aromatic N) is 5. The molecule has 3 aromatic heterocycles. The second-order valence-electron chi connectivity index (χ2n) is 5.85. The third kappa shape index (κ3) is 4.42. The Bertz CT molecular complexity index is 931. The van der Waals surface area contributed by atoms with Gasteiger partial charge in [-0.2, -0.15) is 0 Å². The molecule has 0 saturated heterocycles. The van der Waals surface area contributed by atoms with Crippen LogP contribution in [0.2, 0.25) is 0 Å². The first-order chi connectivity index (χ1) is 13.0. The zero-order chi connectivity index (χ0) is 19.4. The lowest BCUT2D eigenvalue weighted by molar-refractivity contribution is -0.115. The third-order valence-corrected chi connectivity index (χ3v) is 5.95. The summed E-state index contributed by atoms with van der Waals surface area (Å²) < 4.78 is 1.94. The van der Waals surface area contributed by atoms with E-state index in [4.69, 9.17) is 0 Å². The van der Waals surface area contributed by atoms with Crippen molar-refractivity contribution < 1.29 is 4.79 Å². The number of anilines is 1. The summed E-state index contributed by atoms with van der Waals surface area (Å²) in [5, 5.41) is 12.4. The lowest BCUT2D eigenvalue weighted by Gasteiger charge is -2.11. The van der Waals surface area contributed by atoms with Crippen molar-refractivity contribution in [2.45, 2.75) is 37.7 Å². The van der Waals surface area contributed by atoms with Gasteiger partial charge in [-0.1, -0.05) is 17.8 Å². The third-order valence-electron chi connectivity index (χ3n) is 3.88. The maximum Gasteiger partial charge on any atom is 0.239 e. The minimum atomic E-state index is -0.354. The van der Waals surface area contributed by atoms with Crippen LogP contribution in [0, 0.1) is 13.8 Å². The van der Waals surface area contributed by atoms with Crippen LogP contribution in [0.3, 0.4) is 0 Å². The van der Waals surface area contributed by atoms with Gasteiger partial charge in [-0.3, -0.25) is 14.3 Å².